The van der Waals surface area contributed by atoms with Gasteiger partial charge in [-0.3, -0.25) is 0 Å². The summed E-state index contributed by atoms with van der Waals surface area (Å²) >= 11 is 8.35. The van der Waals surface area contributed by atoms with Crippen LogP contribution in [0.1, 0.15) is 22.6 Å². The second kappa shape index (κ2) is 4.72. The van der Waals surface area contributed by atoms with Gasteiger partial charge in [-0.05, 0) is 36.1 Å². The predicted octanol–water partition coefficient (Wildman–Crippen LogP) is 5.35. The lowest BCUT2D eigenvalue weighted by Gasteiger charge is -2.18. The van der Waals surface area contributed by atoms with Gasteiger partial charge < -0.3 is 0 Å². The van der Waals surface area contributed by atoms with Gasteiger partial charge >= 0.3 is 0 Å². The highest BCUT2D eigenvalue weighted by atomic mass is 35.5. The van der Waals surface area contributed by atoms with Crippen LogP contribution in [0, 0.1) is 0 Å². The molecule has 2 aromatic carbocycles. The van der Waals surface area contributed by atoms with E-state index in [0.717, 1.165) is 34.0 Å². The van der Waals surface area contributed by atoms with Gasteiger partial charge in [-0.2, -0.15) is 0 Å². The van der Waals surface area contributed by atoms with E-state index in [1.807, 2.05) is 12.1 Å². The monoisotopic (exact) mass is 297 g/mol. The van der Waals surface area contributed by atoms with Crippen molar-refractivity contribution in [2.45, 2.75) is 12.8 Å². The molecule has 20 heavy (non-hydrogen) atoms. The van der Waals surface area contributed by atoms with E-state index < -0.39 is 0 Å². The van der Waals surface area contributed by atoms with Crippen LogP contribution in [-0.2, 0) is 6.42 Å². The van der Waals surface area contributed by atoms with Crippen LogP contribution < -0.4 is 0 Å². The van der Waals surface area contributed by atoms with Crippen LogP contribution in [0.25, 0.3) is 20.8 Å². The number of hydrogen-bond acceptors (Lipinski definition) is 2. The van der Waals surface area contributed by atoms with Crippen molar-refractivity contribution < 1.29 is 0 Å². The van der Waals surface area contributed by atoms with Gasteiger partial charge in [0.25, 0.3) is 0 Å². The van der Waals surface area contributed by atoms with E-state index >= 15 is 0 Å². The van der Waals surface area contributed by atoms with Crippen LogP contribution >= 0.6 is 22.9 Å². The van der Waals surface area contributed by atoms with Gasteiger partial charge in [-0.1, -0.05) is 48.0 Å². The highest BCUT2D eigenvalue weighted by Crippen LogP contribution is 2.41. The van der Waals surface area contributed by atoms with Gasteiger partial charge in [-0.25, -0.2) is 4.98 Å². The highest BCUT2D eigenvalue weighted by Gasteiger charge is 2.20. The Bertz CT molecular complexity index is 799. The largest absolute Gasteiger partial charge is 0.236 e. The Hall–Kier alpha value is -1.64. The minimum Gasteiger partial charge on any atom is -0.236 e. The average molecular weight is 298 g/mol. The molecule has 1 nitrogen and oxygen atoms in total. The number of fused-ring (bicyclic) bond motifs is 2. The molecule has 0 unspecified atom stereocenters. The maximum absolute atomic E-state index is 6.62. The molecule has 0 atom stereocenters. The predicted molar refractivity (Wildman–Crippen MR) is 87.1 cm³/mol. The summed E-state index contributed by atoms with van der Waals surface area (Å²) in [6.07, 6.45) is 2.01. The SMILES string of the molecule is ClC1=C(c2nc3ccccc3s2)CCc2ccccc21. The zero-order valence-electron chi connectivity index (χ0n) is 10.8. The van der Waals surface area contributed by atoms with Gasteiger partial charge in [0.1, 0.15) is 5.01 Å². The van der Waals surface area contributed by atoms with Crippen molar-refractivity contribution >= 4 is 43.8 Å². The second-order valence-electron chi connectivity index (χ2n) is 4.94. The van der Waals surface area contributed by atoms with E-state index in [4.69, 9.17) is 16.6 Å². The quantitative estimate of drug-likeness (QED) is 0.590. The first-order chi connectivity index (χ1) is 9.83. The van der Waals surface area contributed by atoms with Crippen LogP contribution in [-0.4, -0.2) is 4.98 Å². The average Bonchev–Trinajstić information content (AvgIpc) is 2.91. The molecule has 0 amide bonds. The molecule has 0 saturated carbocycles. The van der Waals surface area contributed by atoms with Gasteiger partial charge in [0.05, 0.1) is 15.2 Å². The molecule has 0 N–H and O–H groups in total. The lowest BCUT2D eigenvalue weighted by molar-refractivity contribution is 0.996. The number of aromatic nitrogens is 1. The zero-order valence-corrected chi connectivity index (χ0v) is 12.3. The summed E-state index contributed by atoms with van der Waals surface area (Å²) in [4.78, 5) is 4.74. The van der Waals surface area contributed by atoms with E-state index in [1.54, 1.807) is 11.3 Å². The number of halogens is 1. The highest BCUT2D eigenvalue weighted by molar-refractivity contribution is 7.19. The summed E-state index contributed by atoms with van der Waals surface area (Å²) in [5.74, 6) is 0. The lowest BCUT2D eigenvalue weighted by atomic mass is 9.92. The maximum Gasteiger partial charge on any atom is 0.122 e. The Balaban J connectivity index is 1.90. The van der Waals surface area contributed by atoms with Crippen molar-refractivity contribution in [3.8, 4) is 0 Å². The first-order valence-electron chi connectivity index (χ1n) is 6.66. The third kappa shape index (κ3) is 1.88. The molecule has 3 heteroatoms. The molecular formula is C17H12ClNS. The molecule has 1 aliphatic rings. The summed E-state index contributed by atoms with van der Waals surface area (Å²) < 4.78 is 1.22. The van der Waals surface area contributed by atoms with Crippen molar-refractivity contribution in [1.82, 2.24) is 4.98 Å². The van der Waals surface area contributed by atoms with Gasteiger partial charge in [0, 0.05) is 5.57 Å². The summed E-state index contributed by atoms with van der Waals surface area (Å²) in [5, 5.41) is 1.93. The van der Waals surface area contributed by atoms with E-state index in [0.29, 0.717) is 0 Å². The molecule has 0 saturated heterocycles. The Labute approximate surface area is 126 Å². The molecule has 0 radical (unpaired) electrons. The normalized spacial score (nSPS) is 14.7. The van der Waals surface area contributed by atoms with E-state index in [2.05, 4.69) is 36.4 Å². The Kier molecular flexibility index (Phi) is 2.86. The van der Waals surface area contributed by atoms with Crippen molar-refractivity contribution in [2.75, 3.05) is 0 Å². The third-order valence-electron chi connectivity index (χ3n) is 3.72. The fourth-order valence-corrected chi connectivity index (χ4v) is 4.16. The fraction of sp³-hybridized carbons (Fsp3) is 0.118. The van der Waals surface area contributed by atoms with Crippen LogP contribution in [0.2, 0.25) is 0 Å². The third-order valence-corrected chi connectivity index (χ3v) is 5.24. The van der Waals surface area contributed by atoms with Crippen molar-refractivity contribution in [1.29, 1.82) is 0 Å². The van der Waals surface area contributed by atoms with E-state index in [1.165, 1.54) is 15.8 Å². The Morgan fingerprint density at radius 1 is 0.950 bits per heavy atom. The number of nitrogens with zero attached hydrogens (tertiary/aromatic N) is 1. The fourth-order valence-electron chi connectivity index (χ4n) is 2.69. The molecule has 1 aromatic heterocycles. The number of para-hydroxylation sites is 1. The molecule has 0 fully saturated rings. The van der Waals surface area contributed by atoms with Crippen molar-refractivity contribution in [2.24, 2.45) is 0 Å². The number of hydrogen-bond donors (Lipinski definition) is 0. The standard InChI is InChI=1S/C17H12ClNS/c18-16-12-6-2-1-5-11(12)9-10-13(16)17-19-14-7-3-4-8-15(14)20-17/h1-8H,9-10H2. The number of aryl methyl sites for hydroxylation is 1. The van der Waals surface area contributed by atoms with Crippen LogP contribution in [0.5, 0.6) is 0 Å². The Morgan fingerprint density at radius 3 is 2.65 bits per heavy atom. The van der Waals surface area contributed by atoms with Crippen LogP contribution in [0.15, 0.2) is 48.5 Å². The first kappa shape index (κ1) is 12.1. The van der Waals surface area contributed by atoms with Crippen molar-refractivity contribution in [3.05, 3.63) is 64.7 Å². The zero-order chi connectivity index (χ0) is 13.5. The minimum absolute atomic E-state index is 0.867. The Morgan fingerprint density at radius 2 is 1.75 bits per heavy atom. The van der Waals surface area contributed by atoms with Crippen LogP contribution in [0.4, 0.5) is 0 Å². The molecule has 0 aliphatic heterocycles. The maximum atomic E-state index is 6.62. The number of thiazole rings is 1. The van der Waals surface area contributed by atoms with Gasteiger partial charge in [-0.15, -0.1) is 11.3 Å². The first-order valence-corrected chi connectivity index (χ1v) is 7.85. The topological polar surface area (TPSA) is 12.9 Å². The van der Waals surface area contributed by atoms with E-state index in [-0.39, 0.29) is 0 Å². The molecule has 1 heterocycles. The van der Waals surface area contributed by atoms with Crippen molar-refractivity contribution in [3.63, 3.8) is 0 Å². The number of benzene rings is 2. The van der Waals surface area contributed by atoms with E-state index in [9.17, 15) is 0 Å². The summed E-state index contributed by atoms with van der Waals surface area (Å²) in [6, 6.07) is 16.6. The lowest BCUT2D eigenvalue weighted by Crippen LogP contribution is -2.01. The molecule has 1 aliphatic carbocycles. The molecular weight excluding hydrogens is 286 g/mol. The number of rotatable bonds is 1. The molecule has 0 spiro atoms. The second-order valence-corrected chi connectivity index (χ2v) is 6.35. The number of allylic oxidation sites excluding steroid dienone is 1. The summed E-state index contributed by atoms with van der Waals surface area (Å²) in [6.45, 7) is 0. The molecule has 98 valence electrons. The smallest absolute Gasteiger partial charge is 0.122 e. The summed E-state index contributed by atoms with van der Waals surface area (Å²) in [7, 11) is 0. The molecule has 0 bridgehead atoms. The minimum atomic E-state index is 0.867. The van der Waals surface area contributed by atoms with Gasteiger partial charge in [0.2, 0.25) is 0 Å². The van der Waals surface area contributed by atoms with Gasteiger partial charge in [0.15, 0.2) is 0 Å². The summed E-state index contributed by atoms with van der Waals surface area (Å²) in [5.41, 5.74) is 4.74. The molecule has 3 aromatic rings. The molecule has 4 rings (SSSR count). The van der Waals surface area contributed by atoms with Crippen LogP contribution in [0.3, 0.4) is 0 Å².